The van der Waals surface area contributed by atoms with Crippen LogP contribution in [-0.2, 0) is 11.9 Å². The van der Waals surface area contributed by atoms with E-state index in [9.17, 15) is 0 Å². The molecule has 0 aliphatic heterocycles. The molecule has 0 aromatic rings. The maximum atomic E-state index is 9.03. The van der Waals surface area contributed by atoms with Gasteiger partial charge in [-0.1, -0.05) is 0 Å². The Bertz CT molecular complexity index is 20.0. The van der Waals surface area contributed by atoms with Crippen molar-refractivity contribution >= 4 is 11.9 Å². The zero-order valence-electron chi connectivity index (χ0n) is 1.93. The van der Waals surface area contributed by atoms with Crippen molar-refractivity contribution in [3.05, 3.63) is 0 Å². The molecule has 0 saturated carbocycles. The summed E-state index contributed by atoms with van der Waals surface area (Å²) in [6.07, 6.45) is 0. The first kappa shape index (κ1) is 4.07. The van der Waals surface area contributed by atoms with E-state index >= 15 is 0 Å². The summed E-state index contributed by atoms with van der Waals surface area (Å²) in [5, 5.41) is 0. The summed E-state index contributed by atoms with van der Waals surface area (Å²) in [6.45, 7) is 0. The molecule has 0 atom stereocenters. The molecule has 26 valence electrons. The molecule has 0 radical (unpaired) electrons. The van der Waals surface area contributed by atoms with Gasteiger partial charge < -0.3 is 0 Å². The van der Waals surface area contributed by atoms with Crippen molar-refractivity contribution in [2.45, 2.75) is 0 Å². The lowest BCUT2D eigenvalue weighted by Crippen LogP contribution is -2.14. The molecule has 0 amide bonds. The van der Waals surface area contributed by atoms with Crippen molar-refractivity contribution in [1.82, 2.24) is 4.83 Å². The van der Waals surface area contributed by atoms with Gasteiger partial charge >= 0.3 is 0 Å². The van der Waals surface area contributed by atoms with E-state index in [1.54, 1.807) is 0 Å². The molecular weight excluding hydrogens is 76.1 g/mol. The van der Waals surface area contributed by atoms with Crippen molar-refractivity contribution in [2.24, 2.45) is 5.84 Å². The van der Waals surface area contributed by atoms with Crippen LogP contribution in [0.2, 0.25) is 0 Å². The van der Waals surface area contributed by atoms with Gasteiger partial charge in [0.15, 0.2) is 0 Å². The summed E-state index contributed by atoms with van der Waals surface area (Å²) in [5.41, 5.74) is 0. The minimum atomic E-state index is -0.224. The van der Waals surface area contributed by atoms with Crippen molar-refractivity contribution in [3.8, 4) is 0 Å². The van der Waals surface area contributed by atoms with Crippen LogP contribution in [0.5, 0.6) is 0 Å². The largest absolute Gasteiger partial charge is 0.260 e. The molecule has 0 rings (SSSR count). The van der Waals surface area contributed by atoms with Crippen LogP contribution < -0.4 is 10.7 Å². The highest BCUT2D eigenvalue weighted by atomic mass is 32.2. The number of hydrogen-bond acceptors (Lipinski definition) is 2. The third kappa shape index (κ3) is 2.07. The Kier molecular flexibility index (Phi) is 3.12. The fourth-order valence-electron chi connectivity index (χ4n) is 0. The van der Waals surface area contributed by atoms with Gasteiger partial charge in [-0.3, -0.25) is 5.84 Å². The normalized spacial score (nSPS) is 7.25. The highest BCUT2D eigenvalue weighted by Gasteiger charge is 1.41. The lowest BCUT2D eigenvalue weighted by atomic mass is 13.0. The number of rotatable bonds is 1. The Labute approximate surface area is 27.8 Å². The monoisotopic (exact) mass is 80.0 g/mol. The van der Waals surface area contributed by atoms with Crippen LogP contribution in [0, 0.1) is 0 Å². The molecule has 0 aromatic carbocycles. The molecule has 0 unspecified atom stereocenters. The van der Waals surface area contributed by atoms with Gasteiger partial charge in [0.25, 0.3) is 0 Å². The van der Waals surface area contributed by atoms with E-state index < -0.39 is 0 Å². The Balaban J connectivity index is 2.30. The third-order valence-electron chi connectivity index (χ3n) is 0.0527. The van der Waals surface area contributed by atoms with Crippen molar-refractivity contribution in [1.29, 1.82) is 0 Å². The first-order chi connectivity index (χ1) is 1.91. The molecule has 0 spiro atoms. The quantitative estimate of drug-likeness (QED) is 0.200. The molecular formula is H4N2OS. The average Bonchev–Trinajstić information content (AvgIpc) is 1.37. The molecule has 4 heteroatoms. The molecule has 3 nitrogen and oxygen atoms in total. The summed E-state index contributed by atoms with van der Waals surface area (Å²) in [6, 6.07) is 0. The maximum absolute atomic E-state index is 9.03. The number of thiol groups is 1. The fraction of sp³-hybridized carbons (Fsp3) is 0. The molecule has 0 fully saturated rings. The van der Waals surface area contributed by atoms with Gasteiger partial charge in [-0.05, 0) is 0 Å². The van der Waals surface area contributed by atoms with Crippen molar-refractivity contribution in [2.75, 3.05) is 0 Å². The van der Waals surface area contributed by atoms with Crippen LogP contribution in [0.1, 0.15) is 0 Å². The fourth-order valence-corrected chi connectivity index (χ4v) is 0. The van der Waals surface area contributed by atoms with Gasteiger partial charge in [-0.2, -0.15) is 4.83 Å². The number of nitrogens with one attached hydrogen (secondary N) is 1. The van der Waals surface area contributed by atoms with E-state index in [0.717, 1.165) is 0 Å². The first-order valence-electron chi connectivity index (χ1n) is 0.695. The van der Waals surface area contributed by atoms with Crippen LogP contribution in [0.25, 0.3) is 0 Å². The van der Waals surface area contributed by atoms with Crippen LogP contribution in [0.4, 0.5) is 0 Å². The van der Waals surface area contributed by atoms with Crippen molar-refractivity contribution in [3.63, 3.8) is 0 Å². The van der Waals surface area contributed by atoms with Crippen LogP contribution in [0.15, 0.2) is 0 Å². The highest BCUT2D eigenvalue weighted by Crippen LogP contribution is 1.10. The smallest absolute Gasteiger partial charge is 0.0918 e. The summed E-state index contributed by atoms with van der Waals surface area (Å²) >= 11 is -0.224. The second-order valence-corrected chi connectivity index (χ2v) is 0.661. The van der Waals surface area contributed by atoms with Gasteiger partial charge in [0, 0.05) is 0 Å². The van der Waals surface area contributed by atoms with Crippen LogP contribution >= 0.6 is 0 Å². The Morgan fingerprint density at radius 2 is 2.25 bits per heavy atom. The molecule has 0 aromatic heterocycles. The van der Waals surface area contributed by atoms with E-state index in [1.807, 2.05) is 4.83 Å². The predicted molar refractivity (Wildman–Crippen MR) is 16.9 cm³/mol. The Morgan fingerprint density at radius 1 is 2.00 bits per heavy atom. The zero-order valence-corrected chi connectivity index (χ0v) is 2.83. The number of nitrogens with two attached hydrogens (primary N) is 1. The average molecular weight is 80.1 g/mol. The molecule has 0 aliphatic carbocycles. The Morgan fingerprint density at radius 3 is 2.25 bits per heavy atom. The number of hydrogen-bond donors (Lipinski definition) is 3. The van der Waals surface area contributed by atoms with Gasteiger partial charge in [-0.25, -0.2) is 4.21 Å². The summed E-state index contributed by atoms with van der Waals surface area (Å²) in [4.78, 5) is 1.85. The summed E-state index contributed by atoms with van der Waals surface area (Å²) in [7, 11) is 0. The number of hydrazine groups is 1. The van der Waals surface area contributed by atoms with Gasteiger partial charge in [0.05, 0.1) is 11.9 Å². The van der Waals surface area contributed by atoms with E-state index in [1.165, 1.54) is 0 Å². The Hall–Kier alpha value is 0.0700. The van der Waals surface area contributed by atoms with Crippen LogP contribution in [0.3, 0.4) is 0 Å². The molecule has 0 aliphatic rings. The molecule has 0 saturated heterocycles. The topological polar surface area (TPSA) is 55.1 Å². The molecule has 0 bridgehead atoms. The minimum Gasteiger partial charge on any atom is -0.260 e. The molecule has 4 heavy (non-hydrogen) atoms. The van der Waals surface area contributed by atoms with E-state index in [2.05, 4.69) is 5.84 Å². The molecule has 0 heterocycles. The van der Waals surface area contributed by atoms with Gasteiger partial charge in [-0.15, -0.1) is 0 Å². The standard InChI is InChI=1S/H4N2OS/c1-2-4-3/h4H,1H2,(H,2,3). The lowest BCUT2D eigenvalue weighted by Gasteiger charge is -1.64. The van der Waals surface area contributed by atoms with Crippen molar-refractivity contribution < 1.29 is 4.21 Å². The lowest BCUT2D eigenvalue weighted by molar-refractivity contribution is 0.687. The molecule has 3 N–H and O–H groups in total. The maximum Gasteiger partial charge on any atom is 0.0918 e. The van der Waals surface area contributed by atoms with Crippen LogP contribution in [-0.4, -0.2) is 4.21 Å². The first-order valence-corrected chi connectivity index (χ1v) is 1.51. The van der Waals surface area contributed by atoms with E-state index in [0.29, 0.717) is 0 Å². The SMILES string of the molecule is NN[SH]=O. The predicted octanol–water partition coefficient (Wildman–Crippen LogP) is -1.69. The second kappa shape index (κ2) is 3.07. The van der Waals surface area contributed by atoms with E-state index in [-0.39, 0.29) is 11.9 Å². The highest BCUT2D eigenvalue weighted by molar-refractivity contribution is 7.63. The minimum absolute atomic E-state index is 0.224. The van der Waals surface area contributed by atoms with E-state index in [4.69, 9.17) is 4.21 Å². The summed E-state index contributed by atoms with van der Waals surface area (Å²) in [5.74, 6) is 4.45. The van der Waals surface area contributed by atoms with Gasteiger partial charge in [0.2, 0.25) is 0 Å². The third-order valence-corrected chi connectivity index (χ3v) is 0.158. The second-order valence-electron chi connectivity index (χ2n) is 0.220. The zero-order chi connectivity index (χ0) is 3.41. The summed E-state index contributed by atoms with van der Waals surface area (Å²) < 4.78 is 9.03. The van der Waals surface area contributed by atoms with Gasteiger partial charge in [0.1, 0.15) is 0 Å².